The van der Waals surface area contributed by atoms with Crippen LogP contribution in [0.1, 0.15) is 5.56 Å². The van der Waals surface area contributed by atoms with E-state index in [4.69, 9.17) is 16.3 Å². The molecule has 2 N–H and O–H groups in total. The van der Waals surface area contributed by atoms with Crippen molar-refractivity contribution >= 4 is 35.2 Å². The predicted octanol–water partition coefficient (Wildman–Crippen LogP) is 5.38. The van der Waals surface area contributed by atoms with E-state index in [9.17, 15) is 8.78 Å². The summed E-state index contributed by atoms with van der Waals surface area (Å²) in [5.74, 6) is -0.455. The topological polar surface area (TPSA) is 58.5 Å². The fraction of sp³-hybridized carbons (Fsp3) is 0.0526. The third-order valence-corrected chi connectivity index (χ3v) is 5.03. The highest BCUT2D eigenvalue weighted by Crippen LogP contribution is 2.42. The molecule has 0 spiro atoms. The van der Waals surface area contributed by atoms with E-state index in [1.807, 2.05) is 0 Å². The molecule has 1 aliphatic heterocycles. The van der Waals surface area contributed by atoms with Crippen LogP contribution in [0.15, 0.2) is 64.6 Å². The molecule has 0 atom stereocenters. The minimum absolute atomic E-state index is 0.000131. The Kier molecular flexibility index (Phi) is 5.31. The van der Waals surface area contributed by atoms with Crippen molar-refractivity contribution < 1.29 is 13.5 Å². The summed E-state index contributed by atoms with van der Waals surface area (Å²) in [4.78, 5) is 8.61. The quantitative estimate of drug-likeness (QED) is 0.440. The van der Waals surface area contributed by atoms with Crippen molar-refractivity contribution in [2.45, 2.75) is 11.4 Å². The van der Waals surface area contributed by atoms with Crippen molar-refractivity contribution in [2.24, 2.45) is 4.99 Å². The second kappa shape index (κ2) is 8.04. The number of nitrogens with zero attached hydrogens (tertiary/aromatic N) is 2. The number of hydrogen-bond donors (Lipinski definition) is 2. The van der Waals surface area contributed by atoms with Crippen molar-refractivity contribution in [3.63, 3.8) is 0 Å². The fourth-order valence-electron chi connectivity index (χ4n) is 2.50. The van der Waals surface area contributed by atoms with Crippen molar-refractivity contribution in [3.8, 4) is 11.5 Å². The summed E-state index contributed by atoms with van der Waals surface area (Å²) >= 11 is 7.36. The molecule has 9 heteroatoms. The minimum Gasteiger partial charge on any atom is -0.450 e. The van der Waals surface area contributed by atoms with E-state index >= 15 is 0 Å². The van der Waals surface area contributed by atoms with Crippen molar-refractivity contribution in [3.05, 3.63) is 77.1 Å². The summed E-state index contributed by atoms with van der Waals surface area (Å²) in [7, 11) is 0. The van der Waals surface area contributed by atoms with Crippen LogP contribution in [0.4, 0.5) is 14.5 Å². The summed E-state index contributed by atoms with van der Waals surface area (Å²) < 4.78 is 36.9. The van der Waals surface area contributed by atoms with E-state index in [0.29, 0.717) is 28.0 Å². The molecule has 4 rings (SSSR count). The van der Waals surface area contributed by atoms with E-state index in [1.54, 1.807) is 42.5 Å². The molecule has 1 aliphatic rings. The van der Waals surface area contributed by atoms with Crippen LogP contribution in [0, 0.1) is 11.8 Å². The van der Waals surface area contributed by atoms with Crippen molar-refractivity contribution in [1.29, 1.82) is 0 Å². The van der Waals surface area contributed by atoms with Gasteiger partial charge in [0.05, 0.1) is 16.5 Å². The molecule has 0 radical (unpaired) electrons. The number of pyridine rings is 1. The van der Waals surface area contributed by atoms with Gasteiger partial charge in [-0.3, -0.25) is 4.72 Å². The zero-order valence-electron chi connectivity index (χ0n) is 14.2. The summed E-state index contributed by atoms with van der Waals surface area (Å²) in [5, 5.41) is 3.37. The number of guanidine groups is 1. The molecule has 0 bridgehead atoms. The molecule has 28 heavy (non-hydrogen) atoms. The Morgan fingerprint density at radius 1 is 1.11 bits per heavy atom. The molecule has 2 heterocycles. The molecule has 0 amide bonds. The van der Waals surface area contributed by atoms with Gasteiger partial charge in [0.15, 0.2) is 11.6 Å². The Morgan fingerprint density at radius 2 is 1.96 bits per heavy atom. The second-order valence-corrected chi connectivity index (χ2v) is 6.98. The third-order valence-electron chi connectivity index (χ3n) is 3.86. The van der Waals surface area contributed by atoms with Crippen LogP contribution >= 0.6 is 23.5 Å². The maximum absolute atomic E-state index is 14.5. The van der Waals surface area contributed by atoms with Crippen LogP contribution in [0.25, 0.3) is 0 Å². The number of hydrogen-bond acceptors (Lipinski definition) is 4. The zero-order valence-corrected chi connectivity index (χ0v) is 15.8. The van der Waals surface area contributed by atoms with Crippen LogP contribution in [0.3, 0.4) is 0 Å². The maximum atomic E-state index is 14.5. The number of aromatic nitrogens is 1. The third kappa shape index (κ3) is 3.88. The van der Waals surface area contributed by atoms with E-state index in [0.717, 1.165) is 4.90 Å². The van der Waals surface area contributed by atoms with Crippen molar-refractivity contribution in [2.75, 3.05) is 5.32 Å². The summed E-state index contributed by atoms with van der Waals surface area (Å²) in [5.41, 5.74) is 0.759. The normalized spacial score (nSPS) is 14.2. The van der Waals surface area contributed by atoms with Gasteiger partial charge in [0, 0.05) is 11.8 Å². The number of halogens is 3. The molecule has 1 aromatic heterocycles. The SMILES string of the molecule is Fc1ccc2c(c1Oc1ccccc1Cl)NC(=NCc1cccnc1F)NS2. The minimum atomic E-state index is -0.579. The molecular formula is C19H13ClF2N4OS. The van der Waals surface area contributed by atoms with Gasteiger partial charge in [-0.1, -0.05) is 29.8 Å². The first-order chi connectivity index (χ1) is 13.6. The smallest absolute Gasteiger partial charge is 0.217 e. The highest BCUT2D eigenvalue weighted by molar-refractivity contribution is 7.98. The number of aliphatic imine (C=N–C) groups is 1. The first kappa shape index (κ1) is 18.5. The Balaban J connectivity index is 1.62. The van der Waals surface area contributed by atoms with Crippen molar-refractivity contribution in [1.82, 2.24) is 9.71 Å². The lowest BCUT2D eigenvalue weighted by Crippen LogP contribution is -2.30. The zero-order chi connectivity index (χ0) is 19.5. The summed E-state index contributed by atoms with van der Waals surface area (Å²) in [6.07, 6.45) is 1.37. The molecule has 0 saturated carbocycles. The highest BCUT2D eigenvalue weighted by Gasteiger charge is 2.22. The van der Waals surface area contributed by atoms with Crippen LogP contribution in [0.5, 0.6) is 11.5 Å². The van der Waals surface area contributed by atoms with Crippen LogP contribution in [0.2, 0.25) is 5.02 Å². The Hall–Kier alpha value is -2.84. The number of nitrogens with one attached hydrogen (secondary N) is 2. The molecular weight excluding hydrogens is 406 g/mol. The molecule has 3 aromatic rings. The average Bonchev–Trinajstić information content (AvgIpc) is 2.71. The first-order valence-electron chi connectivity index (χ1n) is 8.20. The first-order valence-corrected chi connectivity index (χ1v) is 9.40. The van der Waals surface area contributed by atoms with Gasteiger partial charge in [-0.2, -0.15) is 4.39 Å². The molecule has 142 valence electrons. The van der Waals surface area contributed by atoms with Gasteiger partial charge in [0.2, 0.25) is 11.9 Å². The number of ether oxygens (including phenoxy) is 1. The monoisotopic (exact) mass is 418 g/mol. The van der Waals surface area contributed by atoms with E-state index < -0.39 is 11.8 Å². The highest BCUT2D eigenvalue weighted by atomic mass is 35.5. The molecule has 0 unspecified atom stereocenters. The van der Waals surface area contributed by atoms with E-state index in [2.05, 4.69) is 20.0 Å². The number of rotatable bonds is 4. The second-order valence-electron chi connectivity index (χ2n) is 5.73. The number of benzene rings is 2. The number of anilines is 1. The summed E-state index contributed by atoms with van der Waals surface area (Å²) in [6, 6.07) is 13.0. The molecule has 2 aromatic carbocycles. The van der Waals surface area contributed by atoms with Gasteiger partial charge in [-0.05, 0) is 42.3 Å². The molecule has 0 fully saturated rings. The summed E-state index contributed by atoms with van der Waals surface area (Å²) in [6.45, 7) is 0.0704. The lowest BCUT2D eigenvalue weighted by molar-refractivity contribution is 0.443. The van der Waals surface area contributed by atoms with Crippen LogP contribution in [-0.4, -0.2) is 10.9 Å². The molecule has 5 nitrogen and oxygen atoms in total. The van der Waals surface area contributed by atoms with Gasteiger partial charge >= 0.3 is 0 Å². The largest absolute Gasteiger partial charge is 0.450 e. The molecule has 0 saturated heterocycles. The molecule has 0 aliphatic carbocycles. The van der Waals surface area contributed by atoms with Gasteiger partial charge in [0.1, 0.15) is 11.4 Å². The average molecular weight is 419 g/mol. The van der Waals surface area contributed by atoms with E-state index in [-0.39, 0.29) is 12.3 Å². The van der Waals surface area contributed by atoms with E-state index in [1.165, 1.54) is 24.2 Å². The van der Waals surface area contributed by atoms with Crippen LogP contribution < -0.4 is 14.8 Å². The van der Waals surface area contributed by atoms with Gasteiger partial charge in [-0.15, -0.1) is 0 Å². The van der Waals surface area contributed by atoms with Gasteiger partial charge < -0.3 is 10.1 Å². The standard InChI is InChI=1S/C19H13ClF2N4OS/c20-12-5-1-2-6-14(12)27-17-13(21)7-8-15-16(17)25-19(26-28-15)24-10-11-4-3-9-23-18(11)22/h1-9H,10H2,(H2,24,25,26). The Labute approximate surface area is 168 Å². The maximum Gasteiger partial charge on any atom is 0.217 e. The lowest BCUT2D eigenvalue weighted by Gasteiger charge is -2.23. The van der Waals surface area contributed by atoms with Gasteiger partial charge in [-0.25, -0.2) is 14.4 Å². The van der Waals surface area contributed by atoms with Crippen LogP contribution in [-0.2, 0) is 6.54 Å². The predicted molar refractivity (Wildman–Crippen MR) is 106 cm³/mol. The lowest BCUT2D eigenvalue weighted by atomic mass is 10.2. The fourth-order valence-corrected chi connectivity index (χ4v) is 3.38. The van der Waals surface area contributed by atoms with Gasteiger partial charge in [0.25, 0.3) is 0 Å². The number of fused-ring (bicyclic) bond motifs is 1. The Bertz CT molecular complexity index is 1060. The number of para-hydroxylation sites is 1. The Morgan fingerprint density at radius 3 is 2.79 bits per heavy atom.